The molecule has 1 N–H and O–H groups in total. The van der Waals surface area contributed by atoms with Gasteiger partial charge in [-0.05, 0) is 6.42 Å². The molecule has 0 aliphatic carbocycles. The van der Waals surface area contributed by atoms with E-state index < -0.39 is 5.97 Å². The van der Waals surface area contributed by atoms with Crippen molar-refractivity contribution in [1.82, 2.24) is 0 Å². The zero-order valence-corrected chi connectivity index (χ0v) is 5.27. The van der Waals surface area contributed by atoms with Crippen LogP contribution in [0.1, 0.15) is 19.8 Å². The van der Waals surface area contributed by atoms with E-state index in [1.807, 2.05) is 6.92 Å². The summed E-state index contributed by atoms with van der Waals surface area (Å²) in [5.41, 5.74) is 0. The molecule has 0 atom stereocenters. The van der Waals surface area contributed by atoms with E-state index in [1.165, 1.54) is 0 Å². The predicted molar refractivity (Wildman–Crippen MR) is 28.3 cm³/mol. The molecule has 0 heterocycles. The van der Waals surface area contributed by atoms with Crippen LogP contribution in [0, 0.1) is 0 Å². The number of hydrogen-bond donors (Lipinski definition) is 1. The topological polar surface area (TPSA) is 37.3 Å². The van der Waals surface area contributed by atoms with Gasteiger partial charge in [-0.15, -0.1) is 0 Å². The minimum absolute atomic E-state index is 0. The maximum Gasteiger partial charge on any atom is 0.303 e. The van der Waals surface area contributed by atoms with Crippen molar-refractivity contribution in [2.75, 3.05) is 0 Å². The average molecular weight is 116 g/mol. The van der Waals surface area contributed by atoms with Crippen LogP contribution < -0.4 is 0 Å². The van der Waals surface area contributed by atoms with E-state index in [0.717, 1.165) is 6.42 Å². The van der Waals surface area contributed by atoms with E-state index in [9.17, 15) is 4.79 Å². The van der Waals surface area contributed by atoms with Crippen LogP contribution in [-0.4, -0.2) is 22.0 Å². The van der Waals surface area contributed by atoms with Gasteiger partial charge in [0.15, 0.2) is 0 Å². The summed E-state index contributed by atoms with van der Waals surface area (Å²) in [6.45, 7) is 1.84. The van der Waals surface area contributed by atoms with Gasteiger partial charge in [-0.3, -0.25) is 4.79 Å². The number of carbonyl (C=O) groups is 1. The van der Waals surface area contributed by atoms with Gasteiger partial charge in [-0.2, -0.15) is 0 Å². The van der Waals surface area contributed by atoms with E-state index in [2.05, 4.69) is 0 Å². The summed E-state index contributed by atoms with van der Waals surface area (Å²) in [5, 5.41) is 7.91. The van der Waals surface area contributed by atoms with E-state index in [4.69, 9.17) is 5.11 Å². The lowest BCUT2D eigenvalue weighted by atomic mass is 10.4. The first-order valence-corrected chi connectivity index (χ1v) is 1.99. The van der Waals surface area contributed by atoms with Crippen molar-refractivity contribution in [2.24, 2.45) is 0 Å². The first-order valence-electron chi connectivity index (χ1n) is 1.99. The molecule has 0 aromatic heterocycles. The summed E-state index contributed by atoms with van der Waals surface area (Å²) in [4.78, 5) is 9.60. The summed E-state index contributed by atoms with van der Waals surface area (Å²) in [7, 11) is 0. The van der Waals surface area contributed by atoms with Crippen LogP contribution in [0.4, 0.5) is 0 Å². The number of rotatable bonds is 2. The molecule has 40 valence electrons. The highest BCUT2D eigenvalue weighted by Crippen LogP contribution is 1.82. The molecule has 0 aliphatic heterocycles. The van der Waals surface area contributed by atoms with Crippen molar-refractivity contribution in [3.05, 3.63) is 0 Å². The molecular weight excluding hydrogens is 108 g/mol. The maximum absolute atomic E-state index is 9.60. The van der Waals surface area contributed by atoms with E-state index >= 15 is 0 Å². The Morgan fingerprint density at radius 3 is 2.14 bits per heavy atom. The molecule has 2 nitrogen and oxygen atoms in total. The average Bonchev–Trinajstić information content (AvgIpc) is 1.35. The van der Waals surface area contributed by atoms with E-state index in [0.29, 0.717) is 6.42 Å². The molecule has 0 fully saturated rings. The fourth-order valence-electron chi connectivity index (χ4n) is 0.214. The third-order valence-electron chi connectivity index (χ3n) is 0.464. The smallest absolute Gasteiger partial charge is 0.303 e. The Morgan fingerprint density at radius 2 is 2.14 bits per heavy atom. The predicted octanol–water partition coefficient (Wildman–Crippen LogP) is 0.490. The molecule has 0 bridgehead atoms. The molecule has 3 heteroatoms. The second-order valence-electron chi connectivity index (χ2n) is 1.14. The van der Waals surface area contributed by atoms with Gasteiger partial charge in [0.2, 0.25) is 0 Å². The van der Waals surface area contributed by atoms with Gasteiger partial charge in [-0.25, -0.2) is 0 Å². The summed E-state index contributed by atoms with van der Waals surface area (Å²) in [5.74, 6) is -0.711. The third kappa shape index (κ3) is 10.7. The zero-order valence-electron chi connectivity index (χ0n) is 4.27. The highest BCUT2D eigenvalue weighted by molar-refractivity contribution is 5.75. The first-order chi connectivity index (χ1) is 2.77. The Bertz CT molecular complexity index is 53.7. The molecule has 0 saturated carbocycles. The molecule has 0 unspecified atom stereocenters. The normalized spacial score (nSPS) is 7.00. The van der Waals surface area contributed by atoms with Gasteiger partial charge in [0.25, 0.3) is 0 Å². The number of aliphatic carboxylic acids is 1. The van der Waals surface area contributed by atoms with Crippen LogP contribution in [0.5, 0.6) is 0 Å². The molecule has 0 aliphatic rings. The summed E-state index contributed by atoms with van der Waals surface area (Å²) in [6, 6.07) is 0. The van der Waals surface area contributed by atoms with Crippen molar-refractivity contribution < 1.29 is 9.90 Å². The van der Waals surface area contributed by atoms with Crippen LogP contribution in [0.3, 0.4) is 0 Å². The standard InChI is InChI=1S/C4H8O2.Si/c1-2-3-4(5)6;/h2-3H2,1H3,(H,5,6);. The van der Waals surface area contributed by atoms with Crippen molar-refractivity contribution in [3.63, 3.8) is 0 Å². The molecule has 0 rings (SSSR count). The van der Waals surface area contributed by atoms with Gasteiger partial charge in [-0.1, -0.05) is 6.92 Å². The first kappa shape index (κ1) is 9.84. The molecule has 4 radical (unpaired) electrons. The van der Waals surface area contributed by atoms with Crippen molar-refractivity contribution in [1.29, 1.82) is 0 Å². The van der Waals surface area contributed by atoms with Crippen LogP contribution in [0.2, 0.25) is 0 Å². The number of hydrogen-bond acceptors (Lipinski definition) is 1. The minimum atomic E-state index is -0.711. The number of carboxylic acids is 1. The van der Waals surface area contributed by atoms with Crippen molar-refractivity contribution in [2.45, 2.75) is 19.8 Å². The molecule has 0 saturated heterocycles. The Kier molecular flexibility index (Phi) is 8.00. The Labute approximate surface area is 47.6 Å². The van der Waals surface area contributed by atoms with Crippen molar-refractivity contribution in [3.8, 4) is 0 Å². The fraction of sp³-hybridized carbons (Fsp3) is 0.750. The van der Waals surface area contributed by atoms with Gasteiger partial charge in [0.05, 0.1) is 0 Å². The van der Waals surface area contributed by atoms with E-state index in [-0.39, 0.29) is 11.0 Å². The van der Waals surface area contributed by atoms with Gasteiger partial charge in [0, 0.05) is 17.4 Å². The lowest BCUT2D eigenvalue weighted by Crippen LogP contribution is -1.90. The van der Waals surface area contributed by atoms with Crippen molar-refractivity contribution >= 4 is 16.9 Å². The van der Waals surface area contributed by atoms with Crippen LogP contribution in [0.15, 0.2) is 0 Å². The monoisotopic (exact) mass is 116 g/mol. The third-order valence-corrected chi connectivity index (χ3v) is 0.464. The van der Waals surface area contributed by atoms with Gasteiger partial charge in [0.1, 0.15) is 0 Å². The molecular formula is C4H8O2Si. The summed E-state index contributed by atoms with van der Waals surface area (Å²) in [6.07, 6.45) is 1.02. The quantitative estimate of drug-likeness (QED) is 0.533. The Balaban J connectivity index is 0. The largest absolute Gasteiger partial charge is 0.481 e. The van der Waals surface area contributed by atoms with E-state index in [1.54, 1.807) is 0 Å². The summed E-state index contributed by atoms with van der Waals surface area (Å²) < 4.78 is 0. The fourth-order valence-corrected chi connectivity index (χ4v) is 0.214. The highest BCUT2D eigenvalue weighted by Gasteiger charge is 1.87. The van der Waals surface area contributed by atoms with Crippen LogP contribution in [0.25, 0.3) is 0 Å². The molecule has 0 aromatic carbocycles. The second-order valence-corrected chi connectivity index (χ2v) is 1.14. The molecule has 0 amide bonds. The zero-order chi connectivity index (χ0) is 4.99. The lowest BCUT2D eigenvalue weighted by molar-refractivity contribution is -0.137. The minimum Gasteiger partial charge on any atom is -0.481 e. The number of carboxylic acid groups (broad SMARTS) is 1. The van der Waals surface area contributed by atoms with Crippen LogP contribution in [-0.2, 0) is 4.79 Å². The van der Waals surface area contributed by atoms with Crippen LogP contribution >= 0.6 is 0 Å². The van der Waals surface area contributed by atoms with Gasteiger partial charge >= 0.3 is 5.97 Å². The maximum atomic E-state index is 9.60. The molecule has 0 aromatic rings. The Hall–Kier alpha value is -0.313. The van der Waals surface area contributed by atoms with Gasteiger partial charge < -0.3 is 5.11 Å². The lowest BCUT2D eigenvalue weighted by Gasteiger charge is -1.79. The highest BCUT2D eigenvalue weighted by atomic mass is 28.1. The molecule has 0 spiro atoms. The second kappa shape index (κ2) is 5.69. The summed E-state index contributed by atoms with van der Waals surface area (Å²) >= 11 is 0. The Morgan fingerprint density at radius 1 is 1.71 bits per heavy atom. The molecule has 7 heavy (non-hydrogen) atoms. The SMILES string of the molecule is CCCC(=O)O.[Si].